The van der Waals surface area contributed by atoms with Gasteiger partial charge in [-0.15, -0.1) is 0 Å². The maximum absolute atomic E-state index is 12.1. The summed E-state index contributed by atoms with van der Waals surface area (Å²) < 4.78 is 26.9. The molecule has 0 atom stereocenters. The average Bonchev–Trinajstić information content (AvgIpc) is 3.18. The molecule has 0 bridgehead atoms. The summed E-state index contributed by atoms with van der Waals surface area (Å²) in [5.41, 5.74) is 0. The fraction of sp³-hybridized carbons (Fsp3) is 0.636. The van der Waals surface area contributed by atoms with E-state index >= 15 is 0 Å². The van der Waals surface area contributed by atoms with E-state index in [0.29, 0.717) is 19.0 Å². The van der Waals surface area contributed by atoms with E-state index in [1.54, 1.807) is 11.8 Å². The molecule has 2 N–H and O–H groups in total. The molecular formula is C11H18N4O2S2. The summed E-state index contributed by atoms with van der Waals surface area (Å²) in [6.45, 7) is 3.08. The van der Waals surface area contributed by atoms with Gasteiger partial charge in [0.1, 0.15) is 4.90 Å². The second-order valence-corrected chi connectivity index (χ2v) is 7.53. The van der Waals surface area contributed by atoms with Crippen LogP contribution in [-0.4, -0.2) is 42.5 Å². The molecule has 1 aliphatic rings. The molecule has 0 aliphatic heterocycles. The topological polar surface area (TPSA) is 84.0 Å². The molecule has 0 saturated heterocycles. The van der Waals surface area contributed by atoms with Crippen LogP contribution in [0.25, 0.3) is 0 Å². The van der Waals surface area contributed by atoms with Crippen molar-refractivity contribution in [1.29, 1.82) is 0 Å². The molecule has 1 heterocycles. The van der Waals surface area contributed by atoms with E-state index < -0.39 is 10.0 Å². The molecule has 1 aliphatic carbocycles. The van der Waals surface area contributed by atoms with Gasteiger partial charge in [-0.1, -0.05) is 0 Å². The minimum atomic E-state index is -3.51. The number of aromatic nitrogens is 2. The zero-order chi connectivity index (χ0) is 13.9. The summed E-state index contributed by atoms with van der Waals surface area (Å²) in [4.78, 5) is 8.04. The van der Waals surface area contributed by atoms with Crippen molar-refractivity contribution >= 4 is 27.7 Å². The van der Waals surface area contributed by atoms with E-state index in [9.17, 15) is 8.42 Å². The maximum atomic E-state index is 12.1. The highest BCUT2D eigenvalue weighted by atomic mass is 32.2. The smallest absolute Gasteiger partial charge is 0.243 e. The largest absolute Gasteiger partial charge is 0.355 e. The van der Waals surface area contributed by atoms with Crippen molar-refractivity contribution in [2.75, 3.05) is 24.7 Å². The van der Waals surface area contributed by atoms with Crippen molar-refractivity contribution in [3.8, 4) is 0 Å². The van der Waals surface area contributed by atoms with Gasteiger partial charge in [-0.2, -0.15) is 11.8 Å². The Morgan fingerprint density at radius 3 is 2.47 bits per heavy atom. The minimum Gasteiger partial charge on any atom is -0.355 e. The molecule has 0 amide bonds. The van der Waals surface area contributed by atoms with Crippen LogP contribution in [0.2, 0.25) is 0 Å². The Hall–Kier alpha value is -0.860. The first kappa shape index (κ1) is 14.5. The molecule has 106 valence electrons. The van der Waals surface area contributed by atoms with Crippen molar-refractivity contribution in [2.24, 2.45) is 0 Å². The Bertz CT molecular complexity index is 526. The van der Waals surface area contributed by atoms with Crippen molar-refractivity contribution in [3.05, 3.63) is 12.4 Å². The summed E-state index contributed by atoms with van der Waals surface area (Å²) in [5.74, 6) is 0.434. The molecule has 1 aromatic heterocycles. The van der Waals surface area contributed by atoms with Gasteiger partial charge in [0.15, 0.2) is 0 Å². The highest BCUT2D eigenvalue weighted by molar-refractivity contribution is 8.00. The standard InChI is InChI=1S/C11H18N4O2S2/c1-3-12-10-13-6-9(7-14-10)19(16,17)15-8-11(18-2)4-5-11/h6-7,15H,3-5,8H2,1-2H3,(H,12,13,14). The van der Waals surface area contributed by atoms with Crippen molar-refractivity contribution in [1.82, 2.24) is 14.7 Å². The van der Waals surface area contributed by atoms with Gasteiger partial charge < -0.3 is 5.32 Å². The Balaban J connectivity index is 2.02. The lowest BCUT2D eigenvalue weighted by molar-refractivity contribution is 0.579. The van der Waals surface area contributed by atoms with E-state index in [0.717, 1.165) is 12.8 Å². The fourth-order valence-corrected chi connectivity index (χ4v) is 3.44. The number of hydrogen-bond acceptors (Lipinski definition) is 6. The van der Waals surface area contributed by atoms with Gasteiger partial charge in [0, 0.05) is 17.8 Å². The zero-order valence-corrected chi connectivity index (χ0v) is 12.6. The summed E-state index contributed by atoms with van der Waals surface area (Å²) in [7, 11) is -3.51. The second-order valence-electron chi connectivity index (χ2n) is 4.48. The molecule has 2 rings (SSSR count). The third kappa shape index (κ3) is 3.58. The lowest BCUT2D eigenvalue weighted by Crippen LogP contribution is -2.31. The van der Waals surface area contributed by atoms with Gasteiger partial charge in [-0.05, 0) is 26.0 Å². The zero-order valence-electron chi connectivity index (χ0n) is 11.0. The number of nitrogens with one attached hydrogen (secondary N) is 2. The Morgan fingerprint density at radius 2 is 2.00 bits per heavy atom. The lowest BCUT2D eigenvalue weighted by Gasteiger charge is -2.13. The van der Waals surface area contributed by atoms with Crippen LogP contribution >= 0.6 is 11.8 Å². The van der Waals surface area contributed by atoms with E-state index in [1.165, 1.54) is 12.4 Å². The first-order chi connectivity index (χ1) is 9.01. The molecule has 6 nitrogen and oxygen atoms in total. The Labute approximate surface area is 117 Å². The van der Waals surface area contributed by atoms with E-state index in [1.807, 2.05) is 13.2 Å². The van der Waals surface area contributed by atoms with Crippen LogP contribution in [0.15, 0.2) is 17.3 Å². The molecular weight excluding hydrogens is 284 g/mol. The average molecular weight is 302 g/mol. The first-order valence-electron chi connectivity index (χ1n) is 6.12. The van der Waals surface area contributed by atoms with E-state index in [2.05, 4.69) is 20.0 Å². The molecule has 0 radical (unpaired) electrons. The minimum absolute atomic E-state index is 0.0949. The summed E-state index contributed by atoms with van der Waals surface area (Å²) in [6.07, 6.45) is 6.78. The van der Waals surface area contributed by atoms with Crippen molar-refractivity contribution in [3.63, 3.8) is 0 Å². The SMILES string of the molecule is CCNc1ncc(S(=O)(=O)NCC2(SC)CC2)cn1. The number of sulfonamides is 1. The van der Waals surface area contributed by atoms with Gasteiger partial charge in [0.2, 0.25) is 16.0 Å². The number of hydrogen-bond donors (Lipinski definition) is 2. The molecule has 1 saturated carbocycles. The van der Waals surface area contributed by atoms with Crippen LogP contribution in [0.3, 0.4) is 0 Å². The van der Waals surface area contributed by atoms with Crippen LogP contribution in [-0.2, 0) is 10.0 Å². The predicted molar refractivity (Wildman–Crippen MR) is 76.9 cm³/mol. The predicted octanol–water partition coefficient (Wildman–Crippen LogP) is 1.08. The normalized spacial score (nSPS) is 17.2. The molecule has 1 aromatic rings. The van der Waals surface area contributed by atoms with Crippen molar-refractivity contribution in [2.45, 2.75) is 29.4 Å². The second kappa shape index (κ2) is 5.64. The lowest BCUT2D eigenvalue weighted by atomic mass is 10.4. The Morgan fingerprint density at radius 1 is 1.37 bits per heavy atom. The van der Waals surface area contributed by atoms with Crippen LogP contribution in [0.1, 0.15) is 19.8 Å². The summed E-state index contributed by atoms with van der Waals surface area (Å²) in [6, 6.07) is 0. The van der Waals surface area contributed by atoms with Crippen LogP contribution in [0.4, 0.5) is 5.95 Å². The molecule has 19 heavy (non-hydrogen) atoms. The van der Waals surface area contributed by atoms with Gasteiger partial charge >= 0.3 is 0 Å². The van der Waals surface area contributed by atoms with Gasteiger partial charge in [-0.3, -0.25) is 0 Å². The van der Waals surface area contributed by atoms with Gasteiger partial charge in [-0.25, -0.2) is 23.1 Å². The third-order valence-corrected chi connectivity index (χ3v) is 5.87. The number of anilines is 1. The molecule has 0 unspecified atom stereocenters. The summed E-state index contributed by atoms with van der Waals surface area (Å²) >= 11 is 1.71. The quantitative estimate of drug-likeness (QED) is 0.784. The van der Waals surface area contributed by atoms with E-state index in [4.69, 9.17) is 0 Å². The van der Waals surface area contributed by atoms with Crippen LogP contribution in [0, 0.1) is 0 Å². The number of thioether (sulfide) groups is 1. The number of nitrogens with zero attached hydrogens (tertiary/aromatic N) is 2. The van der Waals surface area contributed by atoms with Crippen LogP contribution < -0.4 is 10.0 Å². The highest BCUT2D eigenvalue weighted by Gasteiger charge is 2.42. The molecule has 1 fully saturated rings. The first-order valence-corrected chi connectivity index (χ1v) is 8.83. The summed E-state index contributed by atoms with van der Waals surface area (Å²) in [5, 5.41) is 2.92. The third-order valence-electron chi connectivity index (χ3n) is 3.10. The highest BCUT2D eigenvalue weighted by Crippen LogP contribution is 2.46. The number of rotatable bonds is 7. The van der Waals surface area contributed by atoms with E-state index in [-0.39, 0.29) is 9.64 Å². The van der Waals surface area contributed by atoms with Gasteiger partial charge in [0.05, 0.1) is 12.4 Å². The Kier molecular flexibility index (Phi) is 4.32. The monoisotopic (exact) mass is 302 g/mol. The molecule has 8 heteroatoms. The van der Waals surface area contributed by atoms with Crippen LogP contribution in [0.5, 0.6) is 0 Å². The van der Waals surface area contributed by atoms with Gasteiger partial charge in [0.25, 0.3) is 0 Å². The fourth-order valence-electron chi connectivity index (χ4n) is 1.61. The van der Waals surface area contributed by atoms with Crippen molar-refractivity contribution < 1.29 is 8.42 Å². The molecule has 0 spiro atoms. The maximum Gasteiger partial charge on any atom is 0.243 e. The molecule has 0 aromatic carbocycles.